The Hall–Kier alpha value is -1.99. The predicted octanol–water partition coefficient (Wildman–Crippen LogP) is 0.269. The van der Waals surface area contributed by atoms with E-state index in [1.54, 1.807) is 6.33 Å². The molecule has 1 saturated carbocycles. The number of aliphatic hydroxyl groups excluding tert-OH is 2. The molecular weight excluding hydrogens is 270 g/mol. The number of allylic oxidation sites excluding steroid dienone is 1. The van der Waals surface area contributed by atoms with Crippen LogP contribution < -0.4 is 5.73 Å². The van der Waals surface area contributed by atoms with Gasteiger partial charge in [0.1, 0.15) is 11.8 Å². The summed E-state index contributed by atoms with van der Waals surface area (Å²) >= 11 is 0. The SMILES string of the molecule is Nc1ncnc2c1ncn2[C@H]1C=C[C@@]2(CO)CC[C@@H]1[C@@H]2O. The Morgan fingerprint density at radius 3 is 3.05 bits per heavy atom. The third kappa shape index (κ3) is 1.58. The average molecular weight is 287 g/mol. The van der Waals surface area contributed by atoms with Gasteiger partial charge in [-0.25, -0.2) is 15.0 Å². The highest BCUT2D eigenvalue weighted by Crippen LogP contribution is 2.51. The van der Waals surface area contributed by atoms with Crippen LogP contribution in [0.5, 0.6) is 0 Å². The van der Waals surface area contributed by atoms with Gasteiger partial charge in [0.2, 0.25) is 0 Å². The maximum atomic E-state index is 10.6. The summed E-state index contributed by atoms with van der Waals surface area (Å²) in [5.74, 6) is 0.408. The summed E-state index contributed by atoms with van der Waals surface area (Å²) in [7, 11) is 0. The van der Waals surface area contributed by atoms with E-state index in [0.29, 0.717) is 17.0 Å². The lowest BCUT2D eigenvalue weighted by Gasteiger charge is -2.36. The number of rotatable bonds is 2. The van der Waals surface area contributed by atoms with E-state index in [9.17, 15) is 10.2 Å². The van der Waals surface area contributed by atoms with E-state index < -0.39 is 11.5 Å². The van der Waals surface area contributed by atoms with Crippen molar-refractivity contribution in [2.24, 2.45) is 11.3 Å². The van der Waals surface area contributed by atoms with E-state index in [-0.39, 0.29) is 18.6 Å². The molecule has 21 heavy (non-hydrogen) atoms. The molecule has 7 heteroatoms. The summed E-state index contributed by atoms with van der Waals surface area (Å²) in [6, 6.07) is -0.0264. The fourth-order valence-corrected chi connectivity index (χ4v) is 3.75. The van der Waals surface area contributed by atoms with Crippen LogP contribution in [0.2, 0.25) is 0 Å². The van der Waals surface area contributed by atoms with Crippen molar-refractivity contribution >= 4 is 17.0 Å². The second-order valence-electron chi connectivity index (χ2n) is 5.97. The molecule has 2 aromatic rings. The van der Waals surface area contributed by atoms with Crippen LogP contribution in [-0.2, 0) is 0 Å². The summed E-state index contributed by atoms with van der Waals surface area (Å²) in [6.45, 7) is -0.0202. The minimum absolute atomic E-state index is 0.0202. The number of aliphatic hydroxyl groups is 2. The molecule has 0 radical (unpaired) electrons. The van der Waals surface area contributed by atoms with Crippen LogP contribution >= 0.6 is 0 Å². The molecule has 110 valence electrons. The van der Waals surface area contributed by atoms with Crippen LogP contribution in [0.4, 0.5) is 5.82 Å². The highest BCUT2D eigenvalue weighted by Gasteiger charge is 2.51. The molecule has 2 heterocycles. The quantitative estimate of drug-likeness (QED) is 0.684. The minimum Gasteiger partial charge on any atom is -0.395 e. The minimum atomic E-state index is -0.547. The van der Waals surface area contributed by atoms with Crippen LogP contribution in [0.1, 0.15) is 18.9 Å². The first-order chi connectivity index (χ1) is 10.2. The number of nitrogens with zero attached hydrogens (tertiary/aromatic N) is 4. The number of aromatic nitrogens is 4. The van der Waals surface area contributed by atoms with Gasteiger partial charge in [0.15, 0.2) is 11.5 Å². The molecule has 2 aliphatic rings. The normalized spacial score (nSPS) is 34.7. The summed E-state index contributed by atoms with van der Waals surface area (Å²) < 4.78 is 1.93. The maximum Gasteiger partial charge on any atom is 0.165 e. The van der Waals surface area contributed by atoms with Gasteiger partial charge in [-0.05, 0) is 12.8 Å². The number of hydrogen-bond acceptors (Lipinski definition) is 6. The van der Waals surface area contributed by atoms with Crippen molar-refractivity contribution < 1.29 is 10.2 Å². The molecule has 0 aliphatic heterocycles. The van der Waals surface area contributed by atoms with Gasteiger partial charge in [-0.15, -0.1) is 0 Å². The zero-order chi connectivity index (χ0) is 14.6. The van der Waals surface area contributed by atoms with Gasteiger partial charge in [-0.3, -0.25) is 0 Å². The number of nitrogens with two attached hydrogens (primary N) is 1. The van der Waals surface area contributed by atoms with Crippen LogP contribution in [0.3, 0.4) is 0 Å². The van der Waals surface area contributed by atoms with E-state index in [0.717, 1.165) is 12.8 Å². The van der Waals surface area contributed by atoms with E-state index in [2.05, 4.69) is 15.0 Å². The predicted molar refractivity (Wildman–Crippen MR) is 76.2 cm³/mol. The highest BCUT2D eigenvalue weighted by atomic mass is 16.3. The first-order valence-corrected chi connectivity index (χ1v) is 7.07. The van der Waals surface area contributed by atoms with Gasteiger partial charge >= 0.3 is 0 Å². The largest absolute Gasteiger partial charge is 0.395 e. The molecule has 2 aromatic heterocycles. The number of fused-ring (bicyclic) bond motifs is 3. The van der Waals surface area contributed by atoms with Crippen LogP contribution in [0.25, 0.3) is 11.2 Å². The zero-order valence-electron chi connectivity index (χ0n) is 11.4. The average Bonchev–Trinajstić information content (AvgIpc) is 2.99. The van der Waals surface area contributed by atoms with Crippen molar-refractivity contribution in [1.29, 1.82) is 0 Å². The Labute approximate surface area is 121 Å². The highest BCUT2D eigenvalue weighted by molar-refractivity contribution is 5.81. The zero-order valence-corrected chi connectivity index (χ0v) is 11.4. The number of anilines is 1. The molecule has 0 aromatic carbocycles. The molecular formula is C14H17N5O2. The first kappa shape index (κ1) is 12.7. The fraction of sp³-hybridized carbons (Fsp3) is 0.500. The molecule has 7 nitrogen and oxygen atoms in total. The van der Waals surface area contributed by atoms with Gasteiger partial charge < -0.3 is 20.5 Å². The molecule has 0 unspecified atom stereocenters. The summed E-state index contributed by atoms with van der Waals surface area (Å²) in [5, 5.41) is 20.1. The van der Waals surface area contributed by atoms with Crippen LogP contribution in [0.15, 0.2) is 24.8 Å². The van der Waals surface area contributed by atoms with Gasteiger partial charge in [-0.1, -0.05) is 12.2 Å². The van der Waals surface area contributed by atoms with Crippen molar-refractivity contribution in [3.63, 3.8) is 0 Å². The molecule has 2 aliphatic carbocycles. The van der Waals surface area contributed by atoms with E-state index in [1.807, 2.05) is 16.7 Å². The summed E-state index contributed by atoms with van der Waals surface area (Å²) in [5.41, 5.74) is 6.59. The maximum absolute atomic E-state index is 10.6. The number of nitrogen functional groups attached to an aromatic ring is 1. The Morgan fingerprint density at radius 2 is 2.24 bits per heavy atom. The monoisotopic (exact) mass is 287 g/mol. The number of hydrogen-bond donors (Lipinski definition) is 3. The Kier molecular flexibility index (Phi) is 2.58. The molecule has 4 rings (SSSR count). The fourth-order valence-electron chi connectivity index (χ4n) is 3.75. The lowest BCUT2D eigenvalue weighted by molar-refractivity contribution is 0.000910. The van der Waals surface area contributed by atoms with Crippen molar-refractivity contribution in [2.45, 2.75) is 25.0 Å². The van der Waals surface area contributed by atoms with Crippen molar-refractivity contribution in [2.75, 3.05) is 12.3 Å². The van der Waals surface area contributed by atoms with Gasteiger partial charge in [0, 0.05) is 11.3 Å². The molecule has 4 atom stereocenters. The molecule has 4 N–H and O–H groups in total. The molecule has 0 spiro atoms. The molecule has 0 amide bonds. The van der Waals surface area contributed by atoms with Crippen molar-refractivity contribution in [3.05, 3.63) is 24.8 Å². The van der Waals surface area contributed by atoms with E-state index in [4.69, 9.17) is 5.73 Å². The van der Waals surface area contributed by atoms with E-state index >= 15 is 0 Å². The van der Waals surface area contributed by atoms with E-state index in [1.165, 1.54) is 6.33 Å². The lowest BCUT2D eigenvalue weighted by atomic mass is 9.77. The molecule has 2 bridgehead atoms. The Balaban J connectivity index is 1.82. The summed E-state index contributed by atoms with van der Waals surface area (Å²) in [4.78, 5) is 12.5. The third-order valence-corrected chi connectivity index (χ3v) is 5.00. The van der Waals surface area contributed by atoms with Gasteiger partial charge in [-0.2, -0.15) is 0 Å². The smallest absolute Gasteiger partial charge is 0.165 e. The lowest BCUT2D eigenvalue weighted by Crippen LogP contribution is -2.40. The topological polar surface area (TPSA) is 110 Å². The third-order valence-electron chi connectivity index (χ3n) is 5.00. The second kappa shape index (κ2) is 4.25. The Bertz CT molecular complexity index is 727. The van der Waals surface area contributed by atoms with Crippen LogP contribution in [0, 0.1) is 11.3 Å². The van der Waals surface area contributed by atoms with Gasteiger partial charge in [0.05, 0.1) is 25.1 Å². The molecule has 0 saturated heterocycles. The summed E-state index contributed by atoms with van der Waals surface area (Å²) in [6.07, 6.45) is 8.22. The molecule has 1 fully saturated rings. The first-order valence-electron chi connectivity index (χ1n) is 7.07. The van der Waals surface area contributed by atoms with Crippen molar-refractivity contribution in [3.8, 4) is 0 Å². The van der Waals surface area contributed by atoms with Crippen LogP contribution in [-0.4, -0.2) is 42.4 Å². The Morgan fingerprint density at radius 1 is 1.38 bits per heavy atom. The van der Waals surface area contributed by atoms with Crippen molar-refractivity contribution in [1.82, 2.24) is 19.5 Å². The standard InChI is InChI=1S/C14H17N5O2/c15-12-10-13(17-6-16-12)19(7-18-10)9-2-4-14(5-20)3-1-8(9)11(14)21/h2,4,6-9,11,20-21H,1,3,5H2,(H2,15,16,17)/t8-,9-,11-,14+/m0/s1. The van der Waals surface area contributed by atoms with Gasteiger partial charge in [0.25, 0.3) is 0 Å². The second-order valence-corrected chi connectivity index (χ2v) is 5.97. The number of imidazole rings is 1.